The Bertz CT molecular complexity index is 347. The maximum absolute atomic E-state index is 5.56. The molecule has 0 atom stereocenters. The molecule has 1 heterocycles. The molecule has 0 amide bonds. The summed E-state index contributed by atoms with van der Waals surface area (Å²) in [5.41, 5.74) is 0.788. The Morgan fingerprint density at radius 3 is 2.53 bits per heavy atom. The summed E-state index contributed by atoms with van der Waals surface area (Å²) in [5.74, 6) is 0.539. The monoisotopic (exact) mass is 267 g/mol. The van der Waals surface area contributed by atoms with Crippen molar-refractivity contribution in [1.29, 1.82) is 0 Å². The average Bonchev–Trinajstić information content (AvgIpc) is 2.36. The van der Waals surface area contributed by atoms with E-state index < -0.39 is 0 Å². The molecule has 19 heavy (non-hydrogen) atoms. The summed E-state index contributed by atoms with van der Waals surface area (Å²) < 4.78 is 11.0. The third kappa shape index (κ3) is 7.74. The second kappa shape index (κ2) is 8.07. The first-order chi connectivity index (χ1) is 9.01. The zero-order valence-corrected chi connectivity index (χ0v) is 12.4. The van der Waals surface area contributed by atoms with E-state index in [-0.39, 0.29) is 5.60 Å². The maximum Gasteiger partial charge on any atom is 0.232 e. The fourth-order valence-corrected chi connectivity index (χ4v) is 1.40. The summed E-state index contributed by atoms with van der Waals surface area (Å²) in [6.45, 7) is 11.0. The summed E-state index contributed by atoms with van der Waals surface area (Å²) in [4.78, 5) is 8.50. The molecule has 0 aliphatic rings. The summed E-state index contributed by atoms with van der Waals surface area (Å²) in [5, 5.41) is 3.28. The molecule has 5 nitrogen and oxygen atoms in total. The molecule has 1 aromatic rings. The van der Waals surface area contributed by atoms with Gasteiger partial charge in [0.2, 0.25) is 5.88 Å². The van der Waals surface area contributed by atoms with Gasteiger partial charge in [0, 0.05) is 6.54 Å². The Morgan fingerprint density at radius 2 is 1.95 bits per heavy atom. The van der Waals surface area contributed by atoms with Gasteiger partial charge in [-0.05, 0) is 33.7 Å². The lowest BCUT2D eigenvalue weighted by Crippen LogP contribution is -2.22. The highest BCUT2D eigenvalue weighted by molar-refractivity contribution is 5.07. The van der Waals surface area contributed by atoms with E-state index in [0.29, 0.717) is 19.1 Å². The molecule has 0 saturated heterocycles. The van der Waals surface area contributed by atoms with Crippen LogP contribution in [-0.2, 0) is 11.3 Å². The number of rotatable bonds is 8. The van der Waals surface area contributed by atoms with Gasteiger partial charge in [-0.15, -0.1) is 0 Å². The van der Waals surface area contributed by atoms with Crippen LogP contribution in [0.5, 0.6) is 5.88 Å². The first-order valence-corrected chi connectivity index (χ1v) is 6.79. The zero-order valence-electron chi connectivity index (χ0n) is 12.4. The Kier molecular flexibility index (Phi) is 6.73. The molecule has 1 aromatic heterocycles. The largest absolute Gasteiger partial charge is 0.474 e. The standard InChI is InChI=1S/C14H25N3O2/c1-5-6-15-9-12-10-17-13(11-16-12)18-7-8-19-14(2,3)4/h10-11,15H,5-9H2,1-4H3. The topological polar surface area (TPSA) is 56.3 Å². The van der Waals surface area contributed by atoms with Gasteiger partial charge in [0.1, 0.15) is 6.61 Å². The molecule has 0 spiro atoms. The van der Waals surface area contributed by atoms with Crippen molar-refractivity contribution in [1.82, 2.24) is 15.3 Å². The number of hydrogen-bond donors (Lipinski definition) is 1. The van der Waals surface area contributed by atoms with Crippen molar-refractivity contribution in [2.45, 2.75) is 46.3 Å². The number of nitrogens with zero attached hydrogens (tertiary/aromatic N) is 2. The minimum atomic E-state index is -0.135. The van der Waals surface area contributed by atoms with E-state index in [4.69, 9.17) is 9.47 Å². The number of ether oxygens (including phenoxy) is 2. The van der Waals surface area contributed by atoms with Gasteiger partial charge < -0.3 is 14.8 Å². The second-order valence-electron chi connectivity index (χ2n) is 5.33. The average molecular weight is 267 g/mol. The van der Waals surface area contributed by atoms with Crippen LogP contribution in [0, 0.1) is 0 Å². The Labute approximate surface area is 115 Å². The molecule has 0 aliphatic heterocycles. The molecule has 108 valence electrons. The smallest absolute Gasteiger partial charge is 0.232 e. The summed E-state index contributed by atoms with van der Waals surface area (Å²) in [6, 6.07) is 0. The summed E-state index contributed by atoms with van der Waals surface area (Å²) in [7, 11) is 0. The van der Waals surface area contributed by atoms with Crippen LogP contribution >= 0.6 is 0 Å². The van der Waals surface area contributed by atoms with Crippen LogP contribution < -0.4 is 10.1 Å². The van der Waals surface area contributed by atoms with Crippen LogP contribution in [0.25, 0.3) is 0 Å². The van der Waals surface area contributed by atoms with Crippen molar-refractivity contribution >= 4 is 0 Å². The Balaban J connectivity index is 2.24. The fourth-order valence-electron chi connectivity index (χ4n) is 1.40. The van der Waals surface area contributed by atoms with Gasteiger partial charge in [-0.3, -0.25) is 4.98 Å². The lowest BCUT2D eigenvalue weighted by molar-refractivity contribution is -0.0168. The molecular weight excluding hydrogens is 242 g/mol. The molecule has 1 N–H and O–H groups in total. The van der Waals surface area contributed by atoms with Crippen molar-refractivity contribution in [3.05, 3.63) is 18.1 Å². The molecule has 0 aliphatic carbocycles. The van der Waals surface area contributed by atoms with Crippen molar-refractivity contribution in [2.75, 3.05) is 19.8 Å². The van der Waals surface area contributed by atoms with E-state index in [2.05, 4.69) is 22.2 Å². The molecule has 0 unspecified atom stereocenters. The Hall–Kier alpha value is -1.20. The SMILES string of the molecule is CCCNCc1cnc(OCCOC(C)(C)C)cn1. The Morgan fingerprint density at radius 1 is 1.16 bits per heavy atom. The van der Waals surface area contributed by atoms with E-state index >= 15 is 0 Å². The van der Waals surface area contributed by atoms with Gasteiger partial charge in [0.05, 0.1) is 30.3 Å². The molecule has 0 saturated carbocycles. The van der Waals surface area contributed by atoms with Crippen molar-refractivity contribution in [2.24, 2.45) is 0 Å². The molecule has 0 radical (unpaired) electrons. The van der Waals surface area contributed by atoms with Gasteiger partial charge in [0.25, 0.3) is 0 Å². The molecule has 0 bridgehead atoms. The van der Waals surface area contributed by atoms with Crippen LogP contribution in [0.1, 0.15) is 39.8 Å². The van der Waals surface area contributed by atoms with Gasteiger partial charge in [0.15, 0.2) is 0 Å². The highest BCUT2D eigenvalue weighted by atomic mass is 16.5. The lowest BCUT2D eigenvalue weighted by Gasteiger charge is -2.19. The van der Waals surface area contributed by atoms with Crippen LogP contribution in [0.4, 0.5) is 0 Å². The van der Waals surface area contributed by atoms with Crippen LogP contribution in [-0.4, -0.2) is 35.3 Å². The fraction of sp³-hybridized carbons (Fsp3) is 0.714. The number of nitrogens with one attached hydrogen (secondary N) is 1. The predicted octanol–water partition coefficient (Wildman–Crippen LogP) is 2.17. The zero-order chi connectivity index (χ0) is 14.1. The molecule has 0 aromatic carbocycles. The van der Waals surface area contributed by atoms with Gasteiger partial charge in [-0.1, -0.05) is 6.92 Å². The number of aromatic nitrogens is 2. The van der Waals surface area contributed by atoms with Gasteiger partial charge >= 0.3 is 0 Å². The number of hydrogen-bond acceptors (Lipinski definition) is 5. The van der Waals surface area contributed by atoms with Crippen LogP contribution in [0.3, 0.4) is 0 Å². The lowest BCUT2D eigenvalue weighted by atomic mass is 10.2. The van der Waals surface area contributed by atoms with Crippen LogP contribution in [0.2, 0.25) is 0 Å². The summed E-state index contributed by atoms with van der Waals surface area (Å²) >= 11 is 0. The highest BCUT2D eigenvalue weighted by Crippen LogP contribution is 2.07. The first-order valence-electron chi connectivity index (χ1n) is 6.79. The second-order valence-corrected chi connectivity index (χ2v) is 5.33. The van der Waals surface area contributed by atoms with Gasteiger partial charge in [-0.2, -0.15) is 0 Å². The minimum Gasteiger partial charge on any atom is -0.474 e. The van der Waals surface area contributed by atoms with E-state index in [1.807, 2.05) is 20.8 Å². The van der Waals surface area contributed by atoms with E-state index in [0.717, 1.165) is 25.2 Å². The highest BCUT2D eigenvalue weighted by Gasteiger charge is 2.09. The molecule has 5 heteroatoms. The van der Waals surface area contributed by atoms with Crippen LogP contribution in [0.15, 0.2) is 12.4 Å². The predicted molar refractivity (Wildman–Crippen MR) is 75.2 cm³/mol. The van der Waals surface area contributed by atoms with Crippen molar-refractivity contribution < 1.29 is 9.47 Å². The quantitative estimate of drug-likeness (QED) is 0.732. The third-order valence-electron chi connectivity index (χ3n) is 2.28. The van der Waals surface area contributed by atoms with E-state index in [1.165, 1.54) is 0 Å². The minimum absolute atomic E-state index is 0.135. The van der Waals surface area contributed by atoms with E-state index in [1.54, 1.807) is 12.4 Å². The van der Waals surface area contributed by atoms with Crippen molar-refractivity contribution in [3.63, 3.8) is 0 Å². The third-order valence-corrected chi connectivity index (χ3v) is 2.28. The maximum atomic E-state index is 5.56. The summed E-state index contributed by atoms with van der Waals surface area (Å²) in [6.07, 6.45) is 4.51. The van der Waals surface area contributed by atoms with Crippen molar-refractivity contribution in [3.8, 4) is 5.88 Å². The first kappa shape index (κ1) is 15.9. The molecule has 1 rings (SSSR count). The molecular formula is C14H25N3O2. The van der Waals surface area contributed by atoms with E-state index in [9.17, 15) is 0 Å². The molecule has 0 fully saturated rings. The van der Waals surface area contributed by atoms with Gasteiger partial charge in [-0.25, -0.2) is 4.98 Å². The normalized spacial score (nSPS) is 11.6.